The molecule has 4 rings (SSSR count). The lowest BCUT2D eigenvalue weighted by Gasteiger charge is -2.07. The van der Waals surface area contributed by atoms with Gasteiger partial charge in [-0.25, -0.2) is 0 Å². The molecule has 0 aliphatic rings. The first-order valence-corrected chi connectivity index (χ1v) is 9.08. The molecule has 1 atom stereocenters. The van der Waals surface area contributed by atoms with E-state index in [0.29, 0.717) is 18.3 Å². The first-order valence-electron chi connectivity index (χ1n) is 8.27. The minimum Gasteiger partial charge on any atom is -0.453 e. The van der Waals surface area contributed by atoms with E-state index in [2.05, 4.69) is 30.6 Å². The third kappa shape index (κ3) is 4.07. The number of rotatable bonds is 7. The fourth-order valence-electron chi connectivity index (χ4n) is 2.33. The number of pyridine rings is 1. The third-order valence-corrected chi connectivity index (χ3v) is 4.80. The van der Waals surface area contributed by atoms with Crippen LogP contribution in [0.1, 0.15) is 24.6 Å². The highest BCUT2D eigenvalue weighted by atomic mass is 32.2. The van der Waals surface area contributed by atoms with E-state index in [-0.39, 0.29) is 6.04 Å². The molecule has 0 radical (unpaired) electrons. The monoisotopic (exact) mass is 383 g/mol. The van der Waals surface area contributed by atoms with Crippen molar-refractivity contribution in [3.8, 4) is 11.4 Å². The summed E-state index contributed by atoms with van der Waals surface area (Å²) in [5.74, 6) is 1.86. The van der Waals surface area contributed by atoms with Crippen LogP contribution in [-0.2, 0) is 13.6 Å². The van der Waals surface area contributed by atoms with Crippen LogP contribution in [0.25, 0.3) is 11.4 Å². The van der Waals surface area contributed by atoms with Gasteiger partial charge in [0.15, 0.2) is 10.2 Å². The summed E-state index contributed by atoms with van der Waals surface area (Å²) in [5.41, 5.74) is 0.865. The predicted molar refractivity (Wildman–Crippen MR) is 96.6 cm³/mol. The molecule has 0 spiro atoms. The van der Waals surface area contributed by atoms with E-state index in [1.807, 2.05) is 42.8 Å². The van der Waals surface area contributed by atoms with E-state index >= 15 is 0 Å². The van der Waals surface area contributed by atoms with E-state index in [0.717, 1.165) is 21.6 Å². The van der Waals surface area contributed by atoms with Gasteiger partial charge in [0.05, 0.1) is 12.6 Å². The lowest BCUT2D eigenvalue weighted by Crippen LogP contribution is -2.18. The van der Waals surface area contributed by atoms with Crippen molar-refractivity contribution in [2.45, 2.75) is 29.8 Å². The molecule has 0 aromatic carbocycles. The number of furan rings is 1. The molecule has 4 heterocycles. The molecule has 1 unspecified atom stereocenters. The normalized spacial score (nSPS) is 12.4. The average molecular weight is 383 g/mol. The Labute approximate surface area is 159 Å². The van der Waals surface area contributed by atoms with Crippen molar-refractivity contribution < 1.29 is 8.94 Å². The maximum atomic E-state index is 5.82. The molecule has 4 aromatic rings. The summed E-state index contributed by atoms with van der Waals surface area (Å²) in [4.78, 5) is 8.42. The van der Waals surface area contributed by atoms with Gasteiger partial charge >= 0.3 is 0 Å². The highest BCUT2D eigenvalue weighted by Gasteiger charge is 2.16. The molecule has 0 saturated carbocycles. The van der Waals surface area contributed by atoms with Gasteiger partial charge in [-0.05, 0) is 43.0 Å². The van der Waals surface area contributed by atoms with Crippen LogP contribution in [-0.4, -0.2) is 29.9 Å². The molecular formula is C17H17N7O2S. The fraction of sp³-hybridized carbons (Fsp3) is 0.235. The lowest BCUT2D eigenvalue weighted by atomic mass is 10.2. The average Bonchev–Trinajstić information content (AvgIpc) is 3.43. The molecular weight excluding hydrogens is 366 g/mol. The van der Waals surface area contributed by atoms with Gasteiger partial charge in [-0.3, -0.25) is 10.3 Å². The fourth-order valence-corrected chi connectivity index (χ4v) is 3.08. The summed E-state index contributed by atoms with van der Waals surface area (Å²) in [6, 6.07) is 7.40. The standard InChI is InChI=1S/C17H17N7O2S/c1-11(16-21-15(23-26-16)12-5-7-18-8-6-12)19-9-13-3-4-14(25-13)27-17-22-20-10-24(17)2/h3-8,10-11,19H,9H2,1-2H3. The van der Waals surface area contributed by atoms with Gasteiger partial charge in [0.25, 0.3) is 0 Å². The second-order valence-electron chi connectivity index (χ2n) is 5.84. The molecule has 0 saturated heterocycles. The Bertz CT molecular complexity index is 1010. The molecule has 9 nitrogen and oxygen atoms in total. The third-order valence-electron chi connectivity index (χ3n) is 3.83. The summed E-state index contributed by atoms with van der Waals surface area (Å²) in [7, 11) is 1.89. The second kappa shape index (κ2) is 7.72. The Hall–Kier alpha value is -2.98. The summed E-state index contributed by atoms with van der Waals surface area (Å²) < 4.78 is 13.0. The van der Waals surface area contributed by atoms with Crippen molar-refractivity contribution in [3.05, 3.63) is 54.6 Å². The van der Waals surface area contributed by atoms with Crippen LogP contribution in [0.15, 0.2) is 62.2 Å². The summed E-state index contributed by atoms with van der Waals surface area (Å²) >= 11 is 1.42. The van der Waals surface area contributed by atoms with Gasteiger partial charge in [0, 0.05) is 25.0 Å². The minimum atomic E-state index is -0.118. The minimum absolute atomic E-state index is 0.118. The van der Waals surface area contributed by atoms with Gasteiger partial charge < -0.3 is 13.5 Å². The van der Waals surface area contributed by atoms with Crippen LogP contribution >= 0.6 is 11.8 Å². The molecule has 10 heteroatoms. The van der Waals surface area contributed by atoms with Crippen LogP contribution in [0.3, 0.4) is 0 Å². The number of aromatic nitrogens is 6. The van der Waals surface area contributed by atoms with Gasteiger partial charge in [-0.1, -0.05) is 5.16 Å². The van der Waals surface area contributed by atoms with E-state index in [1.165, 1.54) is 11.8 Å². The van der Waals surface area contributed by atoms with Gasteiger partial charge in [0.2, 0.25) is 11.7 Å². The summed E-state index contributed by atoms with van der Waals surface area (Å²) in [6.07, 6.45) is 5.04. The maximum absolute atomic E-state index is 5.82. The Morgan fingerprint density at radius 3 is 2.85 bits per heavy atom. The zero-order chi connectivity index (χ0) is 18.6. The molecule has 0 amide bonds. The maximum Gasteiger partial charge on any atom is 0.243 e. The molecule has 0 aliphatic heterocycles. The van der Waals surface area contributed by atoms with Crippen molar-refractivity contribution in [1.82, 2.24) is 35.2 Å². The zero-order valence-corrected chi connectivity index (χ0v) is 15.6. The van der Waals surface area contributed by atoms with Crippen LogP contribution in [0.5, 0.6) is 0 Å². The van der Waals surface area contributed by atoms with Crippen molar-refractivity contribution >= 4 is 11.8 Å². The highest BCUT2D eigenvalue weighted by molar-refractivity contribution is 7.99. The summed E-state index contributed by atoms with van der Waals surface area (Å²) in [6.45, 7) is 2.50. The highest BCUT2D eigenvalue weighted by Crippen LogP contribution is 2.27. The molecule has 4 aromatic heterocycles. The van der Waals surface area contributed by atoms with E-state index < -0.39 is 0 Å². The Morgan fingerprint density at radius 1 is 1.22 bits per heavy atom. The number of hydrogen-bond acceptors (Lipinski definition) is 9. The number of nitrogens with zero attached hydrogens (tertiary/aromatic N) is 6. The molecule has 0 aliphatic carbocycles. The smallest absolute Gasteiger partial charge is 0.243 e. The molecule has 138 valence electrons. The molecule has 0 bridgehead atoms. The van der Waals surface area contributed by atoms with Crippen LogP contribution < -0.4 is 5.32 Å². The Balaban J connectivity index is 1.35. The van der Waals surface area contributed by atoms with Gasteiger partial charge in [0.1, 0.15) is 12.1 Å². The van der Waals surface area contributed by atoms with Crippen LogP contribution in [0.4, 0.5) is 0 Å². The second-order valence-corrected chi connectivity index (χ2v) is 6.81. The van der Waals surface area contributed by atoms with Crippen molar-refractivity contribution in [1.29, 1.82) is 0 Å². The van der Waals surface area contributed by atoms with E-state index in [1.54, 1.807) is 18.7 Å². The van der Waals surface area contributed by atoms with Crippen LogP contribution in [0.2, 0.25) is 0 Å². The van der Waals surface area contributed by atoms with Gasteiger partial charge in [-0.2, -0.15) is 4.98 Å². The first-order chi connectivity index (χ1) is 13.2. The topological polar surface area (TPSA) is 108 Å². The molecule has 1 N–H and O–H groups in total. The first kappa shape index (κ1) is 17.4. The molecule has 27 heavy (non-hydrogen) atoms. The van der Waals surface area contributed by atoms with Crippen molar-refractivity contribution in [3.63, 3.8) is 0 Å². The molecule has 0 fully saturated rings. The number of hydrogen-bond donors (Lipinski definition) is 1. The van der Waals surface area contributed by atoms with E-state index in [9.17, 15) is 0 Å². The Kier molecular flexibility index (Phi) is 4.99. The van der Waals surface area contributed by atoms with Gasteiger partial charge in [-0.15, -0.1) is 10.2 Å². The SMILES string of the molecule is CC(NCc1ccc(Sc2nncn2C)o1)c1nc(-c2ccncc2)no1. The predicted octanol–water partition coefficient (Wildman–Crippen LogP) is 2.86. The quantitative estimate of drug-likeness (QED) is 0.515. The van der Waals surface area contributed by atoms with Crippen LogP contribution in [0, 0.1) is 0 Å². The Morgan fingerprint density at radius 2 is 2.07 bits per heavy atom. The number of nitrogens with one attached hydrogen (secondary N) is 1. The number of aryl methyl sites for hydroxylation is 1. The summed E-state index contributed by atoms with van der Waals surface area (Å²) in [5, 5.41) is 16.8. The largest absolute Gasteiger partial charge is 0.453 e. The van der Waals surface area contributed by atoms with E-state index in [4.69, 9.17) is 8.94 Å². The van der Waals surface area contributed by atoms with Crippen molar-refractivity contribution in [2.24, 2.45) is 7.05 Å². The zero-order valence-electron chi connectivity index (χ0n) is 14.7. The lowest BCUT2D eigenvalue weighted by molar-refractivity contribution is 0.329. The van der Waals surface area contributed by atoms with Crippen molar-refractivity contribution in [2.75, 3.05) is 0 Å².